The highest BCUT2D eigenvalue weighted by Gasteiger charge is 2.41. The molecule has 0 spiro atoms. The molecule has 3 aliphatic heterocycles. The Hall–Kier alpha value is -2.43. The lowest BCUT2D eigenvalue weighted by atomic mass is 9.81. The molecule has 0 radical (unpaired) electrons. The van der Waals surface area contributed by atoms with Gasteiger partial charge < -0.3 is 14.4 Å². The highest BCUT2D eigenvalue weighted by atomic mass is 16.1. The van der Waals surface area contributed by atoms with Gasteiger partial charge in [0.15, 0.2) is 0 Å². The highest BCUT2D eigenvalue weighted by Crippen LogP contribution is 2.32. The smallest absolute Gasteiger partial charge is 0.258 e. The van der Waals surface area contributed by atoms with Crippen LogP contribution in [0.1, 0.15) is 30.9 Å². The lowest BCUT2D eigenvalue weighted by molar-refractivity contribution is -0.959. The van der Waals surface area contributed by atoms with E-state index in [-0.39, 0.29) is 5.56 Å². The fourth-order valence-corrected chi connectivity index (χ4v) is 6.53. The van der Waals surface area contributed by atoms with Crippen molar-refractivity contribution in [1.29, 1.82) is 0 Å². The first kappa shape index (κ1) is 19.3. The Morgan fingerprint density at radius 3 is 2.58 bits per heavy atom. The van der Waals surface area contributed by atoms with Gasteiger partial charge in [0.2, 0.25) is 0 Å². The summed E-state index contributed by atoms with van der Waals surface area (Å²) in [6, 6.07) is 19.9. The van der Waals surface area contributed by atoms with Gasteiger partial charge >= 0.3 is 0 Å². The second kappa shape index (κ2) is 7.61. The van der Waals surface area contributed by atoms with Crippen molar-refractivity contribution in [3.63, 3.8) is 0 Å². The summed E-state index contributed by atoms with van der Waals surface area (Å²) in [5, 5.41) is 2.41. The van der Waals surface area contributed by atoms with Crippen LogP contribution in [0.5, 0.6) is 0 Å². The van der Waals surface area contributed by atoms with Crippen molar-refractivity contribution >= 4 is 10.8 Å². The number of rotatable bonds is 2. The second-order valence-corrected chi connectivity index (χ2v) is 10.2. The summed E-state index contributed by atoms with van der Waals surface area (Å²) in [6.07, 6.45) is 3.97. The Morgan fingerprint density at radius 1 is 0.935 bits per heavy atom. The van der Waals surface area contributed by atoms with Gasteiger partial charge in [-0.05, 0) is 41.0 Å². The fourth-order valence-electron chi connectivity index (χ4n) is 6.53. The number of piperidine rings is 2. The maximum absolute atomic E-state index is 13.6. The Balaban J connectivity index is 1.31. The van der Waals surface area contributed by atoms with E-state index >= 15 is 0 Å². The predicted molar refractivity (Wildman–Crippen MR) is 125 cm³/mol. The van der Waals surface area contributed by atoms with Gasteiger partial charge in [0.05, 0.1) is 39.3 Å². The molecule has 3 aromatic rings. The minimum absolute atomic E-state index is 0.203. The number of aromatic nitrogens is 1. The average Bonchev–Trinajstić information content (AvgIpc) is 2.80. The molecule has 1 aromatic heterocycles. The van der Waals surface area contributed by atoms with Crippen molar-refractivity contribution in [2.75, 3.05) is 33.2 Å². The van der Waals surface area contributed by atoms with Crippen LogP contribution in [0, 0.1) is 5.92 Å². The van der Waals surface area contributed by atoms with E-state index in [2.05, 4.69) is 66.2 Å². The van der Waals surface area contributed by atoms with Crippen LogP contribution in [0.4, 0.5) is 0 Å². The molecule has 3 aliphatic rings. The monoisotopic (exact) mass is 415 g/mol. The molecule has 0 amide bonds. The predicted octanol–water partition coefficient (Wildman–Crippen LogP) is 1.35. The maximum atomic E-state index is 13.6. The molecular weight excluding hydrogens is 382 g/mol. The minimum Gasteiger partial charge on any atom is -0.337 e. The molecule has 160 valence electrons. The van der Waals surface area contributed by atoms with Gasteiger partial charge in [-0.1, -0.05) is 36.4 Å². The summed E-state index contributed by atoms with van der Waals surface area (Å²) in [7, 11) is 2.33. The van der Waals surface area contributed by atoms with E-state index in [4.69, 9.17) is 0 Å². The van der Waals surface area contributed by atoms with E-state index in [0.717, 1.165) is 23.7 Å². The first-order valence-electron chi connectivity index (χ1n) is 12.0. The zero-order valence-corrected chi connectivity index (χ0v) is 18.4. The SMILES string of the molecule is C[NH+]1CCC([NH+]2C[C@@H]3C[C@H](C2)c2ccc(-c4ccc5ccccc5c4)c(=O)n2C3)CC1. The summed E-state index contributed by atoms with van der Waals surface area (Å²) in [4.78, 5) is 17.1. The van der Waals surface area contributed by atoms with Crippen molar-refractivity contribution in [2.45, 2.75) is 37.8 Å². The van der Waals surface area contributed by atoms with Crippen molar-refractivity contribution < 1.29 is 9.80 Å². The van der Waals surface area contributed by atoms with E-state index in [1.807, 2.05) is 4.90 Å². The van der Waals surface area contributed by atoms with Crippen LogP contribution in [0.25, 0.3) is 21.9 Å². The number of nitrogens with one attached hydrogen (secondary N) is 2. The molecule has 2 bridgehead atoms. The zero-order chi connectivity index (χ0) is 20.9. The number of pyridine rings is 1. The molecule has 0 saturated carbocycles. The van der Waals surface area contributed by atoms with Crippen molar-refractivity contribution in [1.82, 2.24) is 4.57 Å². The summed E-state index contributed by atoms with van der Waals surface area (Å²) in [6.45, 7) is 5.97. The number of benzene rings is 2. The van der Waals surface area contributed by atoms with E-state index in [9.17, 15) is 4.79 Å². The average molecular weight is 416 g/mol. The third kappa shape index (κ3) is 3.42. The molecule has 3 atom stereocenters. The van der Waals surface area contributed by atoms with Gasteiger partial charge in [0.25, 0.3) is 5.56 Å². The Kier molecular flexibility index (Phi) is 4.73. The van der Waals surface area contributed by atoms with E-state index < -0.39 is 0 Å². The summed E-state index contributed by atoms with van der Waals surface area (Å²) < 4.78 is 2.12. The van der Waals surface area contributed by atoms with E-state index in [0.29, 0.717) is 11.8 Å². The van der Waals surface area contributed by atoms with Crippen LogP contribution in [0.3, 0.4) is 0 Å². The minimum atomic E-state index is 0.203. The lowest BCUT2D eigenvalue weighted by Crippen LogP contribution is -3.21. The number of quaternary nitrogens is 2. The first-order chi connectivity index (χ1) is 15.2. The number of hydrogen-bond donors (Lipinski definition) is 2. The summed E-state index contributed by atoms with van der Waals surface area (Å²) in [5.41, 5.74) is 3.36. The van der Waals surface area contributed by atoms with Crippen molar-refractivity contribution in [2.24, 2.45) is 5.92 Å². The molecule has 2 fully saturated rings. The fraction of sp³-hybridized carbons (Fsp3) is 0.444. The van der Waals surface area contributed by atoms with E-state index in [1.54, 1.807) is 4.90 Å². The normalized spacial score (nSPS) is 30.2. The highest BCUT2D eigenvalue weighted by molar-refractivity contribution is 5.87. The molecule has 2 saturated heterocycles. The molecule has 6 rings (SSSR count). The van der Waals surface area contributed by atoms with Gasteiger partial charge in [0.1, 0.15) is 0 Å². The van der Waals surface area contributed by atoms with Gasteiger partial charge in [-0.15, -0.1) is 0 Å². The van der Waals surface area contributed by atoms with Crippen molar-refractivity contribution in [3.05, 3.63) is 70.6 Å². The standard InChI is InChI=1S/C27H31N3O/c1-28-12-10-24(11-13-28)29-16-19-14-23(18-29)26-9-8-25(27(31)30(26)17-19)22-7-6-20-4-2-3-5-21(20)15-22/h2-9,15,19,23-24H,10-14,16-18H2,1H3/p+2/t19-,23+/m0/s1. The summed E-state index contributed by atoms with van der Waals surface area (Å²) in [5.74, 6) is 1.17. The topological polar surface area (TPSA) is 30.9 Å². The van der Waals surface area contributed by atoms with E-state index in [1.165, 1.54) is 61.9 Å². The molecule has 4 nitrogen and oxygen atoms in total. The number of fused-ring (bicyclic) bond motifs is 5. The van der Waals surface area contributed by atoms with Crippen molar-refractivity contribution in [3.8, 4) is 11.1 Å². The summed E-state index contributed by atoms with van der Waals surface area (Å²) >= 11 is 0. The van der Waals surface area contributed by atoms with Crippen LogP contribution in [0.15, 0.2) is 59.4 Å². The van der Waals surface area contributed by atoms with Gasteiger partial charge in [0, 0.05) is 42.5 Å². The Morgan fingerprint density at radius 2 is 1.74 bits per heavy atom. The van der Waals surface area contributed by atoms with Gasteiger partial charge in [-0.3, -0.25) is 4.79 Å². The van der Waals surface area contributed by atoms with Crippen LogP contribution >= 0.6 is 0 Å². The Bertz CT molecular complexity index is 1170. The number of likely N-dealkylation sites (tertiary alicyclic amines) is 2. The Labute approximate surface area is 184 Å². The van der Waals surface area contributed by atoms with Crippen LogP contribution in [-0.2, 0) is 6.54 Å². The maximum Gasteiger partial charge on any atom is 0.258 e. The zero-order valence-electron chi connectivity index (χ0n) is 18.4. The third-order valence-electron chi connectivity index (χ3n) is 8.22. The molecule has 2 aromatic carbocycles. The number of hydrogen-bond acceptors (Lipinski definition) is 1. The van der Waals surface area contributed by atoms with Gasteiger partial charge in [-0.25, -0.2) is 0 Å². The van der Waals surface area contributed by atoms with Gasteiger partial charge in [-0.2, -0.15) is 0 Å². The second-order valence-electron chi connectivity index (χ2n) is 10.2. The lowest BCUT2D eigenvalue weighted by Gasteiger charge is -2.44. The third-order valence-corrected chi connectivity index (χ3v) is 8.22. The van der Waals surface area contributed by atoms with Crippen LogP contribution < -0.4 is 15.4 Å². The quantitative estimate of drug-likeness (QED) is 0.651. The molecule has 0 aliphatic carbocycles. The number of nitrogens with zero attached hydrogens (tertiary/aromatic N) is 1. The molecule has 1 unspecified atom stereocenters. The van der Waals surface area contributed by atoms with Crippen LogP contribution in [-0.4, -0.2) is 43.8 Å². The molecule has 4 heterocycles. The molecular formula is C27H33N3O+2. The van der Waals surface area contributed by atoms with Crippen LogP contribution in [0.2, 0.25) is 0 Å². The largest absolute Gasteiger partial charge is 0.337 e. The molecule has 31 heavy (non-hydrogen) atoms. The first-order valence-corrected chi connectivity index (χ1v) is 12.0. The molecule has 4 heteroatoms. The molecule has 2 N–H and O–H groups in total.